The second kappa shape index (κ2) is 8.00. The van der Waals surface area contributed by atoms with Crippen LogP contribution in [0.1, 0.15) is 5.56 Å². The predicted molar refractivity (Wildman–Crippen MR) is 92.8 cm³/mol. The van der Waals surface area contributed by atoms with Crippen LogP contribution in [0.25, 0.3) is 0 Å². The van der Waals surface area contributed by atoms with Crippen LogP contribution in [0.4, 0.5) is 4.39 Å². The van der Waals surface area contributed by atoms with Gasteiger partial charge in [-0.05, 0) is 65.9 Å². The molecular formula is C16H17FINS. The molecule has 1 unspecified atom stereocenters. The van der Waals surface area contributed by atoms with Crippen LogP contribution in [-0.4, -0.2) is 18.8 Å². The van der Waals surface area contributed by atoms with E-state index in [-0.39, 0.29) is 5.82 Å². The Balaban J connectivity index is 1.92. The molecule has 0 fully saturated rings. The standard InChI is InChI=1S/C16H17FINS/c1-19-14(10-12-6-8-13(18)9-7-12)11-20-16-5-3-2-4-15(16)17/h2-9,14,19H,10-11H2,1H3. The van der Waals surface area contributed by atoms with Crippen LogP contribution in [-0.2, 0) is 6.42 Å². The number of likely N-dealkylation sites (N-methyl/N-ethyl adjacent to an activating group) is 1. The molecule has 0 saturated heterocycles. The number of hydrogen-bond acceptors (Lipinski definition) is 2. The normalized spacial score (nSPS) is 12.3. The van der Waals surface area contributed by atoms with Crippen molar-refractivity contribution in [1.82, 2.24) is 5.32 Å². The molecule has 0 heterocycles. The second-order valence-electron chi connectivity index (χ2n) is 4.56. The molecule has 0 aromatic heterocycles. The monoisotopic (exact) mass is 401 g/mol. The van der Waals surface area contributed by atoms with Crippen LogP contribution >= 0.6 is 34.4 Å². The highest BCUT2D eigenvalue weighted by atomic mass is 127. The first kappa shape index (κ1) is 15.8. The van der Waals surface area contributed by atoms with Gasteiger partial charge in [0.15, 0.2) is 0 Å². The molecule has 0 radical (unpaired) electrons. The van der Waals surface area contributed by atoms with Crippen molar-refractivity contribution in [3.8, 4) is 0 Å². The number of rotatable bonds is 6. The number of hydrogen-bond donors (Lipinski definition) is 1. The third-order valence-corrected chi connectivity index (χ3v) is 5.01. The van der Waals surface area contributed by atoms with Gasteiger partial charge in [0, 0.05) is 20.3 Å². The Bertz CT molecular complexity index is 544. The third-order valence-electron chi connectivity index (χ3n) is 3.08. The molecule has 0 aliphatic carbocycles. The first-order valence-electron chi connectivity index (χ1n) is 6.48. The van der Waals surface area contributed by atoms with Gasteiger partial charge in [0.2, 0.25) is 0 Å². The van der Waals surface area contributed by atoms with E-state index in [2.05, 4.69) is 52.2 Å². The lowest BCUT2D eigenvalue weighted by atomic mass is 10.1. The van der Waals surface area contributed by atoms with Crippen LogP contribution in [0.3, 0.4) is 0 Å². The number of thioether (sulfide) groups is 1. The molecule has 4 heteroatoms. The van der Waals surface area contributed by atoms with Gasteiger partial charge in [-0.1, -0.05) is 24.3 Å². The molecule has 0 aliphatic rings. The van der Waals surface area contributed by atoms with Crippen molar-refractivity contribution in [2.24, 2.45) is 0 Å². The van der Waals surface area contributed by atoms with Crippen molar-refractivity contribution >= 4 is 34.4 Å². The van der Waals surface area contributed by atoms with Gasteiger partial charge in [0.05, 0.1) is 0 Å². The van der Waals surface area contributed by atoms with Crippen molar-refractivity contribution in [3.63, 3.8) is 0 Å². The highest BCUT2D eigenvalue weighted by Gasteiger charge is 2.10. The predicted octanol–water partition coefficient (Wildman–Crippen LogP) is 4.35. The van der Waals surface area contributed by atoms with Crippen molar-refractivity contribution in [1.29, 1.82) is 0 Å². The molecule has 1 N–H and O–H groups in total. The molecule has 2 rings (SSSR count). The number of halogens is 2. The van der Waals surface area contributed by atoms with Crippen molar-refractivity contribution in [3.05, 3.63) is 63.5 Å². The van der Waals surface area contributed by atoms with E-state index in [0.717, 1.165) is 17.1 Å². The zero-order valence-corrected chi connectivity index (χ0v) is 14.2. The van der Waals surface area contributed by atoms with Gasteiger partial charge in [-0.3, -0.25) is 0 Å². The average Bonchev–Trinajstić information content (AvgIpc) is 2.47. The van der Waals surface area contributed by atoms with Gasteiger partial charge < -0.3 is 5.32 Å². The molecule has 0 bridgehead atoms. The molecule has 2 aromatic rings. The summed E-state index contributed by atoms with van der Waals surface area (Å²) in [6.07, 6.45) is 0.953. The fourth-order valence-corrected chi connectivity index (χ4v) is 3.31. The maximum Gasteiger partial charge on any atom is 0.136 e. The van der Waals surface area contributed by atoms with E-state index < -0.39 is 0 Å². The van der Waals surface area contributed by atoms with E-state index in [1.165, 1.54) is 15.2 Å². The molecule has 1 nitrogen and oxygen atoms in total. The summed E-state index contributed by atoms with van der Waals surface area (Å²) in [5.41, 5.74) is 1.30. The van der Waals surface area contributed by atoms with Crippen LogP contribution in [0.15, 0.2) is 53.4 Å². The van der Waals surface area contributed by atoms with Gasteiger partial charge in [-0.2, -0.15) is 0 Å². The summed E-state index contributed by atoms with van der Waals surface area (Å²) in [6.45, 7) is 0. The van der Waals surface area contributed by atoms with Gasteiger partial charge >= 0.3 is 0 Å². The lowest BCUT2D eigenvalue weighted by molar-refractivity contribution is 0.598. The smallest absolute Gasteiger partial charge is 0.136 e. The second-order valence-corrected chi connectivity index (χ2v) is 6.87. The highest BCUT2D eigenvalue weighted by Crippen LogP contribution is 2.22. The van der Waals surface area contributed by atoms with E-state index in [1.54, 1.807) is 17.8 Å². The summed E-state index contributed by atoms with van der Waals surface area (Å²) in [5, 5.41) is 3.31. The average molecular weight is 401 g/mol. The largest absolute Gasteiger partial charge is 0.316 e. The van der Waals surface area contributed by atoms with Gasteiger partial charge in [-0.15, -0.1) is 11.8 Å². The Morgan fingerprint density at radius 3 is 2.50 bits per heavy atom. The lowest BCUT2D eigenvalue weighted by Gasteiger charge is -2.16. The van der Waals surface area contributed by atoms with Crippen LogP contribution in [0.5, 0.6) is 0 Å². The summed E-state index contributed by atoms with van der Waals surface area (Å²) in [4.78, 5) is 0.718. The van der Waals surface area contributed by atoms with Gasteiger partial charge in [-0.25, -0.2) is 4.39 Å². The first-order valence-corrected chi connectivity index (χ1v) is 8.54. The summed E-state index contributed by atoms with van der Waals surface area (Å²) in [5.74, 6) is 0.713. The Morgan fingerprint density at radius 2 is 1.85 bits per heavy atom. The summed E-state index contributed by atoms with van der Waals surface area (Å²) in [7, 11) is 1.96. The topological polar surface area (TPSA) is 12.0 Å². The first-order chi connectivity index (χ1) is 9.69. The molecule has 2 aromatic carbocycles. The van der Waals surface area contributed by atoms with Crippen molar-refractivity contribution in [2.45, 2.75) is 17.4 Å². The van der Waals surface area contributed by atoms with E-state index in [1.807, 2.05) is 19.2 Å². The summed E-state index contributed by atoms with van der Waals surface area (Å²) < 4.78 is 14.8. The van der Waals surface area contributed by atoms with Crippen LogP contribution < -0.4 is 5.32 Å². The maximum atomic E-state index is 13.6. The molecule has 0 amide bonds. The Hall–Kier alpha value is -0.590. The Morgan fingerprint density at radius 1 is 1.15 bits per heavy atom. The minimum atomic E-state index is -0.137. The zero-order chi connectivity index (χ0) is 14.4. The van der Waals surface area contributed by atoms with Crippen molar-refractivity contribution in [2.75, 3.05) is 12.8 Å². The number of nitrogens with one attached hydrogen (secondary N) is 1. The maximum absolute atomic E-state index is 13.6. The van der Waals surface area contributed by atoms with Crippen molar-refractivity contribution < 1.29 is 4.39 Å². The van der Waals surface area contributed by atoms with Crippen LogP contribution in [0, 0.1) is 9.39 Å². The fraction of sp³-hybridized carbons (Fsp3) is 0.250. The lowest BCUT2D eigenvalue weighted by Crippen LogP contribution is -2.30. The van der Waals surface area contributed by atoms with Gasteiger partial charge in [0.25, 0.3) is 0 Å². The SMILES string of the molecule is CNC(CSc1ccccc1F)Cc1ccc(I)cc1. The van der Waals surface area contributed by atoms with Gasteiger partial charge in [0.1, 0.15) is 5.82 Å². The molecule has 0 spiro atoms. The Labute approximate surface area is 137 Å². The molecular weight excluding hydrogens is 384 g/mol. The summed E-state index contributed by atoms with van der Waals surface area (Å²) in [6, 6.07) is 15.8. The molecule has 106 valence electrons. The molecule has 0 aliphatic heterocycles. The summed E-state index contributed by atoms with van der Waals surface area (Å²) >= 11 is 3.87. The highest BCUT2D eigenvalue weighted by molar-refractivity contribution is 14.1. The Kier molecular flexibility index (Phi) is 6.32. The van der Waals surface area contributed by atoms with E-state index in [9.17, 15) is 4.39 Å². The quantitative estimate of drug-likeness (QED) is 0.571. The third kappa shape index (κ3) is 4.75. The van der Waals surface area contributed by atoms with E-state index in [0.29, 0.717) is 6.04 Å². The molecule has 0 saturated carbocycles. The van der Waals surface area contributed by atoms with E-state index in [4.69, 9.17) is 0 Å². The van der Waals surface area contributed by atoms with Crippen LogP contribution in [0.2, 0.25) is 0 Å². The molecule has 1 atom stereocenters. The minimum absolute atomic E-state index is 0.137. The fourth-order valence-electron chi connectivity index (χ4n) is 1.90. The zero-order valence-electron chi connectivity index (χ0n) is 11.3. The molecule has 20 heavy (non-hydrogen) atoms. The number of benzene rings is 2. The van der Waals surface area contributed by atoms with E-state index >= 15 is 0 Å². The minimum Gasteiger partial charge on any atom is -0.316 e.